The Morgan fingerprint density at radius 2 is 1.89 bits per heavy atom. The van der Waals surface area contributed by atoms with Crippen LogP contribution < -0.4 is 14.2 Å². The smallest absolute Gasteiger partial charge is 0.264 e. The van der Waals surface area contributed by atoms with Crippen LogP contribution in [-0.4, -0.2) is 59.1 Å². The van der Waals surface area contributed by atoms with Crippen LogP contribution in [0, 0.1) is 0 Å². The molecule has 1 aromatic heterocycles. The normalized spacial score (nSPS) is 20.0. The number of benzene rings is 2. The zero-order chi connectivity index (χ0) is 24.3. The molecule has 7 nitrogen and oxygen atoms in total. The third kappa shape index (κ3) is 5.02. The van der Waals surface area contributed by atoms with Gasteiger partial charge in [0.1, 0.15) is 30.0 Å². The first-order valence-corrected chi connectivity index (χ1v) is 12.8. The maximum Gasteiger partial charge on any atom is 0.264 e. The lowest BCUT2D eigenvalue weighted by molar-refractivity contribution is -0.138. The van der Waals surface area contributed by atoms with Crippen molar-refractivity contribution in [1.82, 2.24) is 14.8 Å². The van der Waals surface area contributed by atoms with E-state index >= 15 is 0 Å². The van der Waals surface area contributed by atoms with Gasteiger partial charge in [-0.3, -0.25) is 14.7 Å². The van der Waals surface area contributed by atoms with Gasteiger partial charge in [-0.25, -0.2) is 0 Å². The molecule has 6 rings (SSSR count). The van der Waals surface area contributed by atoms with Crippen molar-refractivity contribution in [3.8, 4) is 17.2 Å². The topological polar surface area (TPSA) is 64.1 Å². The molecule has 186 valence electrons. The molecule has 0 saturated carbocycles. The van der Waals surface area contributed by atoms with Crippen molar-refractivity contribution >= 4 is 5.91 Å². The van der Waals surface area contributed by atoms with Gasteiger partial charge in [-0.1, -0.05) is 24.3 Å². The number of piperidine rings is 1. The first-order valence-electron chi connectivity index (χ1n) is 12.8. The van der Waals surface area contributed by atoms with E-state index in [1.165, 1.54) is 5.56 Å². The number of amides is 1. The maximum atomic E-state index is 13.3. The Hall–Kier alpha value is -3.58. The van der Waals surface area contributed by atoms with Crippen LogP contribution in [0.25, 0.3) is 0 Å². The van der Waals surface area contributed by atoms with Crippen molar-refractivity contribution in [1.29, 1.82) is 0 Å². The van der Waals surface area contributed by atoms with Gasteiger partial charge < -0.3 is 19.1 Å². The van der Waals surface area contributed by atoms with E-state index < -0.39 is 6.10 Å². The van der Waals surface area contributed by atoms with Crippen molar-refractivity contribution < 1.29 is 19.0 Å². The van der Waals surface area contributed by atoms with Gasteiger partial charge in [-0.05, 0) is 54.3 Å². The molecule has 0 spiro atoms. The van der Waals surface area contributed by atoms with Crippen LogP contribution in [0.4, 0.5) is 0 Å². The summed E-state index contributed by atoms with van der Waals surface area (Å²) >= 11 is 0. The van der Waals surface area contributed by atoms with E-state index in [0.29, 0.717) is 26.1 Å². The summed E-state index contributed by atoms with van der Waals surface area (Å²) in [6.07, 6.45) is 5.92. The highest BCUT2D eigenvalue weighted by Crippen LogP contribution is 2.31. The molecule has 0 radical (unpaired) electrons. The number of rotatable bonds is 5. The molecule has 0 bridgehead atoms. The molecule has 36 heavy (non-hydrogen) atoms. The van der Waals surface area contributed by atoms with Crippen molar-refractivity contribution in [3.63, 3.8) is 0 Å². The number of aromatic nitrogens is 1. The average Bonchev–Trinajstić information content (AvgIpc) is 3.23. The zero-order valence-electron chi connectivity index (χ0n) is 20.3. The Morgan fingerprint density at radius 3 is 2.72 bits per heavy atom. The van der Waals surface area contributed by atoms with Crippen LogP contribution in [0.2, 0.25) is 0 Å². The Balaban J connectivity index is 1.06. The molecule has 1 saturated heterocycles. The van der Waals surface area contributed by atoms with E-state index in [4.69, 9.17) is 14.2 Å². The predicted octanol–water partition coefficient (Wildman–Crippen LogP) is 3.85. The minimum Gasteiger partial charge on any atom is -0.491 e. The summed E-state index contributed by atoms with van der Waals surface area (Å²) in [7, 11) is 0. The van der Waals surface area contributed by atoms with Crippen molar-refractivity contribution in [2.75, 3.05) is 26.2 Å². The van der Waals surface area contributed by atoms with Crippen molar-refractivity contribution in [2.45, 2.75) is 44.6 Å². The standard InChI is InChI=1S/C29H31N3O4/c33-29(28-17-22-4-1-2-6-27(22)36-28)32-14-15-34-26-8-7-21(16-23(26)20-32)19-31-12-9-24(10-13-31)35-25-5-3-11-30-18-25/h1-8,11,16,18,24,28H,9-10,12-15,17,19-20H2. The number of fused-ring (bicyclic) bond motifs is 2. The predicted molar refractivity (Wildman–Crippen MR) is 135 cm³/mol. The number of nitrogens with zero attached hydrogens (tertiary/aromatic N) is 3. The summed E-state index contributed by atoms with van der Waals surface area (Å²) < 4.78 is 18.1. The number of hydrogen-bond acceptors (Lipinski definition) is 6. The Labute approximate surface area is 211 Å². The van der Waals surface area contributed by atoms with Gasteiger partial charge >= 0.3 is 0 Å². The quantitative estimate of drug-likeness (QED) is 0.547. The third-order valence-electron chi connectivity index (χ3n) is 7.22. The monoisotopic (exact) mass is 485 g/mol. The fourth-order valence-corrected chi connectivity index (χ4v) is 5.31. The summed E-state index contributed by atoms with van der Waals surface area (Å²) in [6, 6.07) is 18.2. The summed E-state index contributed by atoms with van der Waals surface area (Å²) in [5.74, 6) is 2.56. The van der Waals surface area contributed by atoms with Crippen molar-refractivity contribution in [2.24, 2.45) is 0 Å². The molecule has 2 aromatic carbocycles. The second-order valence-electron chi connectivity index (χ2n) is 9.75. The van der Waals surface area contributed by atoms with Crippen molar-refractivity contribution in [3.05, 3.63) is 83.7 Å². The van der Waals surface area contributed by atoms with Crippen LogP contribution in [0.15, 0.2) is 67.0 Å². The Bertz CT molecular complexity index is 1190. The largest absolute Gasteiger partial charge is 0.491 e. The number of carbonyl (C=O) groups is 1. The van der Waals surface area contributed by atoms with Crippen LogP contribution in [0.1, 0.15) is 29.5 Å². The average molecular weight is 486 g/mol. The first kappa shape index (κ1) is 22.9. The van der Waals surface area contributed by atoms with Crippen LogP contribution >= 0.6 is 0 Å². The van der Waals surface area contributed by atoms with E-state index in [-0.39, 0.29) is 12.0 Å². The fourth-order valence-electron chi connectivity index (χ4n) is 5.31. The number of carbonyl (C=O) groups excluding carboxylic acids is 1. The van der Waals surface area contributed by atoms with Gasteiger partial charge in [0.25, 0.3) is 5.91 Å². The molecule has 1 amide bonds. The fraction of sp³-hybridized carbons (Fsp3) is 0.379. The summed E-state index contributed by atoms with van der Waals surface area (Å²) in [4.78, 5) is 21.8. The number of hydrogen-bond donors (Lipinski definition) is 0. The SMILES string of the molecule is O=C(C1Cc2ccccc2O1)N1CCOc2ccc(CN3CCC(Oc4cccnc4)CC3)cc2C1. The molecule has 0 aliphatic carbocycles. The molecular formula is C29H31N3O4. The second kappa shape index (κ2) is 10.2. The van der Waals surface area contributed by atoms with Gasteiger partial charge in [0.15, 0.2) is 6.10 Å². The van der Waals surface area contributed by atoms with Crippen LogP contribution in [0.5, 0.6) is 17.2 Å². The molecule has 1 fully saturated rings. The molecule has 0 N–H and O–H groups in total. The summed E-state index contributed by atoms with van der Waals surface area (Å²) in [5, 5.41) is 0. The number of ether oxygens (including phenoxy) is 3. The number of para-hydroxylation sites is 1. The molecular weight excluding hydrogens is 454 g/mol. The van der Waals surface area contributed by atoms with Gasteiger partial charge in [-0.15, -0.1) is 0 Å². The number of pyridine rings is 1. The van der Waals surface area contributed by atoms with Gasteiger partial charge in [0, 0.05) is 44.4 Å². The Kier molecular flexibility index (Phi) is 6.47. The molecule has 7 heteroatoms. The highest BCUT2D eigenvalue weighted by molar-refractivity contribution is 5.82. The van der Waals surface area contributed by atoms with Crippen LogP contribution in [-0.2, 0) is 24.3 Å². The molecule has 3 aliphatic heterocycles. The van der Waals surface area contributed by atoms with E-state index in [2.05, 4.69) is 28.1 Å². The minimum atomic E-state index is -0.456. The summed E-state index contributed by atoms with van der Waals surface area (Å²) in [6.45, 7) is 4.44. The highest BCUT2D eigenvalue weighted by Gasteiger charge is 2.33. The van der Waals surface area contributed by atoms with Crippen LogP contribution in [0.3, 0.4) is 0 Å². The van der Waals surface area contributed by atoms with Gasteiger partial charge in [-0.2, -0.15) is 0 Å². The van der Waals surface area contributed by atoms with Gasteiger partial charge in [0.2, 0.25) is 0 Å². The van der Waals surface area contributed by atoms with E-state index in [1.54, 1.807) is 12.4 Å². The molecule has 1 atom stereocenters. The third-order valence-corrected chi connectivity index (χ3v) is 7.22. The lowest BCUT2D eigenvalue weighted by Crippen LogP contribution is -2.42. The first-order chi connectivity index (χ1) is 17.7. The van der Waals surface area contributed by atoms with E-state index in [0.717, 1.165) is 60.9 Å². The maximum absolute atomic E-state index is 13.3. The second-order valence-corrected chi connectivity index (χ2v) is 9.75. The zero-order valence-corrected chi connectivity index (χ0v) is 20.3. The number of likely N-dealkylation sites (tertiary alicyclic amines) is 1. The Morgan fingerprint density at radius 1 is 1.00 bits per heavy atom. The molecule has 1 unspecified atom stereocenters. The molecule has 4 heterocycles. The molecule has 3 aliphatic rings. The lowest BCUT2D eigenvalue weighted by atomic mass is 10.0. The van der Waals surface area contributed by atoms with Gasteiger partial charge in [0.05, 0.1) is 12.7 Å². The van der Waals surface area contributed by atoms with E-state index in [1.807, 2.05) is 41.3 Å². The van der Waals surface area contributed by atoms with E-state index in [9.17, 15) is 4.79 Å². The summed E-state index contributed by atoms with van der Waals surface area (Å²) in [5.41, 5.74) is 3.39. The molecule has 3 aromatic rings. The lowest BCUT2D eigenvalue weighted by Gasteiger charge is -2.32. The minimum absolute atomic E-state index is 0.0312. The highest BCUT2D eigenvalue weighted by atomic mass is 16.5.